The SMILES string of the molecule is COC1CCCC(Nc2nccs2)C1. The highest BCUT2D eigenvalue weighted by Crippen LogP contribution is 2.24. The van der Waals surface area contributed by atoms with E-state index in [1.165, 1.54) is 19.3 Å². The van der Waals surface area contributed by atoms with Crippen LogP contribution in [0.3, 0.4) is 0 Å². The topological polar surface area (TPSA) is 34.1 Å². The van der Waals surface area contributed by atoms with Gasteiger partial charge in [-0.25, -0.2) is 4.98 Å². The highest BCUT2D eigenvalue weighted by molar-refractivity contribution is 7.13. The van der Waals surface area contributed by atoms with Crippen molar-refractivity contribution >= 4 is 16.5 Å². The number of hydrogen-bond acceptors (Lipinski definition) is 4. The lowest BCUT2D eigenvalue weighted by atomic mass is 9.93. The maximum Gasteiger partial charge on any atom is 0.182 e. The van der Waals surface area contributed by atoms with E-state index in [0.29, 0.717) is 12.1 Å². The van der Waals surface area contributed by atoms with E-state index in [4.69, 9.17) is 4.74 Å². The van der Waals surface area contributed by atoms with Crippen LogP contribution < -0.4 is 5.32 Å². The molecule has 78 valence electrons. The lowest BCUT2D eigenvalue weighted by Crippen LogP contribution is -2.30. The van der Waals surface area contributed by atoms with Crippen molar-refractivity contribution in [2.45, 2.75) is 37.8 Å². The molecule has 0 aromatic carbocycles. The number of ether oxygens (including phenoxy) is 1. The quantitative estimate of drug-likeness (QED) is 0.836. The van der Waals surface area contributed by atoms with E-state index >= 15 is 0 Å². The van der Waals surface area contributed by atoms with Crippen molar-refractivity contribution < 1.29 is 4.74 Å². The van der Waals surface area contributed by atoms with Crippen LogP contribution >= 0.6 is 11.3 Å². The van der Waals surface area contributed by atoms with Gasteiger partial charge in [-0.3, -0.25) is 0 Å². The summed E-state index contributed by atoms with van der Waals surface area (Å²) in [5.41, 5.74) is 0. The molecule has 1 aromatic rings. The first-order valence-electron chi connectivity index (χ1n) is 5.07. The molecule has 0 amide bonds. The Morgan fingerprint density at radius 1 is 1.57 bits per heavy atom. The maximum atomic E-state index is 5.38. The van der Waals surface area contributed by atoms with E-state index in [2.05, 4.69) is 10.3 Å². The number of hydrogen-bond donors (Lipinski definition) is 1. The molecule has 1 aliphatic carbocycles. The van der Waals surface area contributed by atoms with E-state index < -0.39 is 0 Å². The molecular weight excluding hydrogens is 196 g/mol. The second-order valence-electron chi connectivity index (χ2n) is 3.70. The molecule has 2 rings (SSSR count). The van der Waals surface area contributed by atoms with E-state index in [9.17, 15) is 0 Å². The first-order valence-corrected chi connectivity index (χ1v) is 5.95. The van der Waals surface area contributed by atoms with Crippen LogP contribution in [0, 0.1) is 0 Å². The zero-order chi connectivity index (χ0) is 9.80. The molecule has 4 heteroatoms. The first kappa shape index (κ1) is 9.93. The number of rotatable bonds is 3. The minimum atomic E-state index is 0.432. The van der Waals surface area contributed by atoms with Gasteiger partial charge in [0.25, 0.3) is 0 Å². The number of methoxy groups -OCH3 is 1. The summed E-state index contributed by atoms with van der Waals surface area (Å²) in [4.78, 5) is 4.23. The van der Waals surface area contributed by atoms with Crippen LogP contribution in [0.25, 0.3) is 0 Å². The van der Waals surface area contributed by atoms with Gasteiger partial charge in [-0.15, -0.1) is 11.3 Å². The minimum Gasteiger partial charge on any atom is -0.381 e. The average molecular weight is 212 g/mol. The lowest BCUT2D eigenvalue weighted by Gasteiger charge is -2.28. The molecule has 1 aliphatic rings. The second kappa shape index (κ2) is 4.75. The molecule has 1 aromatic heterocycles. The molecule has 1 fully saturated rings. The molecule has 0 saturated heterocycles. The van der Waals surface area contributed by atoms with Crippen LogP contribution in [0.1, 0.15) is 25.7 Å². The molecular formula is C10H16N2OS. The molecule has 0 bridgehead atoms. The summed E-state index contributed by atoms with van der Waals surface area (Å²) in [5.74, 6) is 0. The van der Waals surface area contributed by atoms with Gasteiger partial charge in [0.15, 0.2) is 5.13 Å². The first-order chi connectivity index (χ1) is 6.88. The fourth-order valence-corrected chi connectivity index (χ4v) is 2.57. The molecule has 0 radical (unpaired) electrons. The van der Waals surface area contributed by atoms with Crippen molar-refractivity contribution in [1.82, 2.24) is 4.98 Å². The third kappa shape index (κ3) is 2.45. The summed E-state index contributed by atoms with van der Waals surface area (Å²) in [6, 6.07) is 0.542. The molecule has 1 N–H and O–H groups in total. The van der Waals surface area contributed by atoms with Crippen LogP contribution in [-0.2, 0) is 4.74 Å². The fraction of sp³-hybridized carbons (Fsp3) is 0.700. The van der Waals surface area contributed by atoms with Crippen molar-refractivity contribution in [3.63, 3.8) is 0 Å². The number of aromatic nitrogens is 1. The molecule has 14 heavy (non-hydrogen) atoms. The Morgan fingerprint density at radius 2 is 2.50 bits per heavy atom. The van der Waals surface area contributed by atoms with Gasteiger partial charge in [-0.2, -0.15) is 0 Å². The van der Waals surface area contributed by atoms with Gasteiger partial charge in [0.1, 0.15) is 0 Å². The average Bonchev–Trinajstić information content (AvgIpc) is 2.71. The Morgan fingerprint density at radius 3 is 3.21 bits per heavy atom. The van der Waals surface area contributed by atoms with Gasteiger partial charge in [0, 0.05) is 24.7 Å². The third-order valence-electron chi connectivity index (χ3n) is 2.72. The standard InChI is InChI=1S/C10H16N2OS/c1-13-9-4-2-3-8(7-9)12-10-11-5-6-14-10/h5-6,8-9H,2-4,7H2,1H3,(H,11,12). The largest absolute Gasteiger partial charge is 0.381 e. The van der Waals surface area contributed by atoms with Crippen molar-refractivity contribution in [3.05, 3.63) is 11.6 Å². The number of anilines is 1. The predicted octanol–water partition coefficient (Wildman–Crippen LogP) is 2.51. The number of nitrogens with zero attached hydrogens (tertiary/aromatic N) is 1. The summed E-state index contributed by atoms with van der Waals surface area (Å²) < 4.78 is 5.38. The summed E-state index contributed by atoms with van der Waals surface area (Å²) in [6.07, 6.45) is 7.06. The van der Waals surface area contributed by atoms with Gasteiger partial charge in [-0.05, 0) is 25.7 Å². The van der Waals surface area contributed by atoms with Crippen LogP contribution in [0.15, 0.2) is 11.6 Å². The Labute approximate surface area is 88.5 Å². The minimum absolute atomic E-state index is 0.432. The van der Waals surface area contributed by atoms with Crippen LogP contribution in [0.2, 0.25) is 0 Å². The van der Waals surface area contributed by atoms with Gasteiger partial charge >= 0.3 is 0 Å². The Kier molecular flexibility index (Phi) is 3.37. The number of nitrogens with one attached hydrogen (secondary N) is 1. The maximum absolute atomic E-state index is 5.38. The van der Waals surface area contributed by atoms with Gasteiger partial charge in [-0.1, -0.05) is 0 Å². The number of thiazole rings is 1. The van der Waals surface area contributed by atoms with Gasteiger partial charge < -0.3 is 10.1 Å². The fourth-order valence-electron chi connectivity index (χ4n) is 1.96. The Bertz CT molecular complexity index is 263. The zero-order valence-corrected chi connectivity index (χ0v) is 9.22. The molecule has 1 heterocycles. The molecule has 1 saturated carbocycles. The molecule has 0 spiro atoms. The molecule has 3 nitrogen and oxygen atoms in total. The summed E-state index contributed by atoms with van der Waals surface area (Å²) in [7, 11) is 1.80. The highest BCUT2D eigenvalue weighted by Gasteiger charge is 2.21. The summed E-state index contributed by atoms with van der Waals surface area (Å²) >= 11 is 1.66. The van der Waals surface area contributed by atoms with Crippen molar-refractivity contribution in [3.8, 4) is 0 Å². The van der Waals surface area contributed by atoms with Crippen LogP contribution in [0.5, 0.6) is 0 Å². The smallest absolute Gasteiger partial charge is 0.182 e. The Balaban J connectivity index is 1.86. The molecule has 2 atom stereocenters. The lowest BCUT2D eigenvalue weighted by molar-refractivity contribution is 0.0669. The Hall–Kier alpha value is -0.610. The highest BCUT2D eigenvalue weighted by atomic mass is 32.1. The van der Waals surface area contributed by atoms with Crippen LogP contribution in [-0.4, -0.2) is 24.2 Å². The van der Waals surface area contributed by atoms with Crippen LogP contribution in [0.4, 0.5) is 5.13 Å². The summed E-state index contributed by atoms with van der Waals surface area (Å²) in [5, 5.41) is 6.49. The van der Waals surface area contributed by atoms with Crippen molar-refractivity contribution in [1.29, 1.82) is 0 Å². The van der Waals surface area contributed by atoms with E-state index in [1.807, 2.05) is 11.6 Å². The predicted molar refractivity (Wildman–Crippen MR) is 58.8 cm³/mol. The third-order valence-corrected chi connectivity index (χ3v) is 3.42. The van der Waals surface area contributed by atoms with E-state index in [-0.39, 0.29) is 0 Å². The molecule has 2 unspecified atom stereocenters. The van der Waals surface area contributed by atoms with Gasteiger partial charge in [0.2, 0.25) is 0 Å². The monoisotopic (exact) mass is 212 g/mol. The van der Waals surface area contributed by atoms with Crippen molar-refractivity contribution in [2.24, 2.45) is 0 Å². The van der Waals surface area contributed by atoms with Gasteiger partial charge in [0.05, 0.1) is 6.10 Å². The second-order valence-corrected chi connectivity index (χ2v) is 4.60. The van der Waals surface area contributed by atoms with E-state index in [1.54, 1.807) is 18.4 Å². The summed E-state index contributed by atoms with van der Waals surface area (Å²) in [6.45, 7) is 0. The normalized spacial score (nSPS) is 27.5. The van der Waals surface area contributed by atoms with E-state index in [0.717, 1.165) is 11.6 Å². The zero-order valence-electron chi connectivity index (χ0n) is 8.40. The van der Waals surface area contributed by atoms with Crippen molar-refractivity contribution in [2.75, 3.05) is 12.4 Å². The molecule has 0 aliphatic heterocycles.